The van der Waals surface area contributed by atoms with Gasteiger partial charge in [0.05, 0.1) is 24.8 Å². The molecule has 3 aromatic rings. The van der Waals surface area contributed by atoms with Crippen LogP contribution in [0.3, 0.4) is 0 Å². The number of nitrogens with one attached hydrogen (secondary N) is 3. The van der Waals surface area contributed by atoms with Crippen LogP contribution in [-0.2, 0) is 17.8 Å². The summed E-state index contributed by atoms with van der Waals surface area (Å²) in [4.78, 5) is 28.6. The van der Waals surface area contributed by atoms with Crippen LogP contribution >= 0.6 is 0 Å². The van der Waals surface area contributed by atoms with Crippen molar-refractivity contribution in [2.75, 3.05) is 13.2 Å². The molecule has 1 aliphatic heterocycles. The second kappa shape index (κ2) is 12.1. The van der Waals surface area contributed by atoms with Gasteiger partial charge in [-0.2, -0.15) is 0 Å². The molecule has 5 rings (SSSR count). The van der Waals surface area contributed by atoms with Gasteiger partial charge < -0.3 is 24.9 Å². The Kier molecular flexibility index (Phi) is 8.87. The van der Waals surface area contributed by atoms with Crippen molar-refractivity contribution in [2.24, 2.45) is 5.92 Å². The number of aryl methyl sites for hydroxylation is 2. The smallest absolute Gasteiger partial charge is 0.254 e. The van der Waals surface area contributed by atoms with Crippen LogP contribution in [0.2, 0.25) is 0 Å². The normalized spacial score (nSPS) is 19.7. The first-order valence-corrected chi connectivity index (χ1v) is 13.8. The number of aromatic nitrogens is 2. The summed E-state index contributed by atoms with van der Waals surface area (Å²) in [6.07, 6.45) is 4.76. The lowest BCUT2D eigenvalue weighted by atomic mass is 9.85. The average Bonchev–Trinajstić information content (AvgIpc) is 3.14. The van der Waals surface area contributed by atoms with Gasteiger partial charge in [-0.05, 0) is 70.1 Å². The summed E-state index contributed by atoms with van der Waals surface area (Å²) < 4.78 is 7.62. The maximum atomic E-state index is 13.4. The molecular weight excluding hydrogens is 464 g/mol. The highest BCUT2D eigenvalue weighted by molar-refractivity contribution is 6.08. The van der Waals surface area contributed by atoms with Crippen LogP contribution in [0.25, 0.3) is 10.9 Å². The number of carbonyl (C=O) groups excluding carboxylic acids is 1. The lowest BCUT2D eigenvalue weighted by Gasteiger charge is -2.35. The molecule has 1 aromatic carbocycles. The zero-order valence-electron chi connectivity index (χ0n) is 22.9. The van der Waals surface area contributed by atoms with E-state index in [2.05, 4.69) is 26.3 Å². The quantitative estimate of drug-likeness (QED) is 0.431. The van der Waals surface area contributed by atoms with Gasteiger partial charge in [0, 0.05) is 47.0 Å². The summed E-state index contributed by atoms with van der Waals surface area (Å²) in [5.74, 6) is 0.470. The van der Waals surface area contributed by atoms with Gasteiger partial charge in [0.2, 0.25) is 0 Å². The summed E-state index contributed by atoms with van der Waals surface area (Å²) in [6, 6.07) is 11.2. The number of fused-ring (bicyclic) bond motifs is 1. The van der Waals surface area contributed by atoms with Gasteiger partial charge >= 0.3 is 0 Å². The van der Waals surface area contributed by atoms with E-state index in [9.17, 15) is 9.59 Å². The lowest BCUT2D eigenvalue weighted by Crippen LogP contribution is -2.51. The highest BCUT2D eigenvalue weighted by atomic mass is 16.5. The summed E-state index contributed by atoms with van der Waals surface area (Å²) in [5, 5.41) is 7.71. The number of benzene rings is 1. The van der Waals surface area contributed by atoms with E-state index >= 15 is 0 Å². The summed E-state index contributed by atoms with van der Waals surface area (Å²) >= 11 is 0. The van der Waals surface area contributed by atoms with Gasteiger partial charge in [0.15, 0.2) is 0 Å². The number of H-pyrrole nitrogens is 1. The third kappa shape index (κ3) is 5.99. The van der Waals surface area contributed by atoms with E-state index in [1.807, 2.05) is 58.9 Å². The molecule has 2 aromatic heterocycles. The van der Waals surface area contributed by atoms with E-state index in [0.717, 1.165) is 47.6 Å². The van der Waals surface area contributed by atoms with Crippen LogP contribution in [0.1, 0.15) is 72.4 Å². The molecule has 0 spiro atoms. The molecule has 2 aliphatic rings. The molecule has 1 aliphatic carbocycles. The predicted molar refractivity (Wildman–Crippen MR) is 149 cm³/mol. The van der Waals surface area contributed by atoms with Gasteiger partial charge in [0.1, 0.15) is 0 Å². The van der Waals surface area contributed by atoms with Crippen molar-refractivity contribution in [3.05, 3.63) is 68.8 Å². The van der Waals surface area contributed by atoms with E-state index in [-0.39, 0.29) is 18.0 Å². The fourth-order valence-corrected chi connectivity index (χ4v) is 5.75. The Bertz CT molecular complexity index is 1280. The summed E-state index contributed by atoms with van der Waals surface area (Å²) in [6.45, 7) is 12.6. The Morgan fingerprint density at radius 1 is 1.05 bits per heavy atom. The zero-order chi connectivity index (χ0) is 26.5. The van der Waals surface area contributed by atoms with Crippen LogP contribution in [0.5, 0.6) is 0 Å². The first-order chi connectivity index (χ1) is 17.9. The topological polar surface area (TPSA) is 88.2 Å². The van der Waals surface area contributed by atoms with Gasteiger partial charge in [-0.25, -0.2) is 0 Å². The van der Waals surface area contributed by atoms with Crippen molar-refractivity contribution in [1.82, 2.24) is 20.2 Å². The highest BCUT2D eigenvalue weighted by Gasteiger charge is 2.28. The van der Waals surface area contributed by atoms with Crippen molar-refractivity contribution >= 4 is 16.8 Å². The lowest BCUT2D eigenvalue weighted by molar-refractivity contribution is -0.0128. The molecule has 1 saturated carbocycles. The third-order valence-corrected chi connectivity index (χ3v) is 7.77. The molecule has 7 heteroatoms. The van der Waals surface area contributed by atoms with Crippen LogP contribution in [0.15, 0.2) is 35.1 Å². The first kappa shape index (κ1) is 27.1. The molecule has 2 fully saturated rings. The molecule has 37 heavy (non-hydrogen) atoms. The van der Waals surface area contributed by atoms with Crippen molar-refractivity contribution in [1.29, 1.82) is 0 Å². The number of nitrogens with zero attached hydrogens (tertiary/aromatic N) is 1. The second-order valence-corrected chi connectivity index (χ2v) is 10.3. The fraction of sp³-hybridized carbons (Fsp3) is 0.533. The molecule has 3 N–H and O–H groups in total. The summed E-state index contributed by atoms with van der Waals surface area (Å²) in [7, 11) is 0. The van der Waals surface area contributed by atoms with Crippen molar-refractivity contribution in [3.63, 3.8) is 0 Å². The maximum absolute atomic E-state index is 13.4. The van der Waals surface area contributed by atoms with E-state index in [1.165, 1.54) is 25.7 Å². The van der Waals surface area contributed by atoms with Gasteiger partial charge in [-0.15, -0.1) is 0 Å². The van der Waals surface area contributed by atoms with E-state index < -0.39 is 0 Å². The minimum Gasteiger partial charge on any atom is -0.378 e. The monoisotopic (exact) mass is 506 g/mol. The Morgan fingerprint density at radius 2 is 1.76 bits per heavy atom. The molecule has 0 atom stereocenters. The van der Waals surface area contributed by atoms with Gasteiger partial charge in [0.25, 0.3) is 11.5 Å². The molecule has 0 unspecified atom stereocenters. The molecule has 1 amide bonds. The second-order valence-electron chi connectivity index (χ2n) is 10.3. The van der Waals surface area contributed by atoms with Crippen LogP contribution in [-0.4, -0.2) is 40.8 Å². The number of hydrogen-bond acceptors (Lipinski definition) is 4. The van der Waals surface area contributed by atoms with Gasteiger partial charge in [-0.1, -0.05) is 32.0 Å². The number of rotatable bonds is 7. The number of carbonyl (C=O) groups is 1. The molecule has 200 valence electrons. The summed E-state index contributed by atoms with van der Waals surface area (Å²) in [5.41, 5.74) is 4.98. The minimum atomic E-state index is -0.142. The average molecular weight is 507 g/mol. The standard InChI is InChI=1S/C28H36N4O3.C2H6/c1-17-12-18(2)30-27(33)24(17)13-29-28(34)26-19(3)32(25-7-5-4-6-23(25)26)14-20-8-10-21(11-9-20)31-22-15-35-16-22;1-2/h4-7,12,20-22,31H,8-11,13-16H2,1-3H3,(H,29,34)(H,30,33);1-2H3. The Morgan fingerprint density at radius 3 is 2.41 bits per heavy atom. The third-order valence-electron chi connectivity index (χ3n) is 7.77. The Hall–Kier alpha value is -2.90. The largest absolute Gasteiger partial charge is 0.378 e. The number of aromatic amines is 1. The fourth-order valence-electron chi connectivity index (χ4n) is 5.75. The molecule has 3 heterocycles. The van der Waals surface area contributed by atoms with Gasteiger partial charge in [-0.3, -0.25) is 9.59 Å². The van der Waals surface area contributed by atoms with Crippen LogP contribution in [0, 0.1) is 26.7 Å². The zero-order valence-corrected chi connectivity index (χ0v) is 22.9. The predicted octanol–water partition coefficient (Wildman–Crippen LogP) is 4.76. The van der Waals surface area contributed by atoms with E-state index in [1.54, 1.807) is 0 Å². The molecule has 7 nitrogen and oxygen atoms in total. The van der Waals surface area contributed by atoms with Crippen LogP contribution < -0.4 is 16.2 Å². The number of ether oxygens (including phenoxy) is 1. The Balaban J connectivity index is 0.00000156. The number of pyridine rings is 1. The van der Waals surface area contributed by atoms with Crippen LogP contribution in [0.4, 0.5) is 0 Å². The Labute approximate surface area is 220 Å². The maximum Gasteiger partial charge on any atom is 0.254 e. The van der Waals surface area contributed by atoms with E-state index in [4.69, 9.17) is 4.74 Å². The SMILES string of the molecule is CC.Cc1cc(C)c(CNC(=O)c2c(C)n(CC3CCC(NC4COC4)CC3)c3ccccc23)c(=O)[nH]1. The van der Waals surface area contributed by atoms with Crippen molar-refractivity contribution in [2.45, 2.75) is 85.5 Å². The number of para-hydroxylation sites is 1. The first-order valence-electron chi connectivity index (χ1n) is 13.8. The van der Waals surface area contributed by atoms with Crippen molar-refractivity contribution in [3.8, 4) is 0 Å². The number of amides is 1. The molecule has 1 saturated heterocycles. The molecule has 0 bridgehead atoms. The minimum absolute atomic E-state index is 0.132. The van der Waals surface area contributed by atoms with E-state index in [0.29, 0.717) is 29.1 Å². The molecular formula is C30H42N4O3. The van der Waals surface area contributed by atoms with Crippen molar-refractivity contribution < 1.29 is 9.53 Å². The number of hydrogen-bond donors (Lipinski definition) is 3. The molecule has 0 radical (unpaired) electrons. The highest BCUT2D eigenvalue weighted by Crippen LogP contribution is 2.31.